The highest BCUT2D eigenvalue weighted by Crippen LogP contribution is 2.38. The van der Waals surface area contributed by atoms with Crippen LogP contribution < -0.4 is 14.8 Å². The Morgan fingerprint density at radius 3 is 2.77 bits per heavy atom. The third-order valence-corrected chi connectivity index (χ3v) is 5.26. The molecule has 4 nitrogen and oxygen atoms in total. The predicted molar refractivity (Wildman–Crippen MR) is 104 cm³/mol. The average molecular weight is 393 g/mol. The predicted octanol–water partition coefficient (Wildman–Crippen LogP) is 4.78. The molecule has 1 saturated heterocycles. The van der Waals surface area contributed by atoms with Crippen molar-refractivity contribution in [3.63, 3.8) is 0 Å². The summed E-state index contributed by atoms with van der Waals surface area (Å²) in [6.45, 7) is 2.01. The molecular weight excluding hydrogens is 375 g/mol. The summed E-state index contributed by atoms with van der Waals surface area (Å²) in [6.07, 6.45) is 2.05. The van der Waals surface area contributed by atoms with E-state index in [0.29, 0.717) is 24.0 Å². The number of thiocarbonyl (C=S) groups is 1. The number of nitrogens with zero attached hydrogens (tertiary/aromatic N) is 1. The van der Waals surface area contributed by atoms with Gasteiger partial charge in [0.05, 0.1) is 11.1 Å². The van der Waals surface area contributed by atoms with Gasteiger partial charge in [0.25, 0.3) is 0 Å². The minimum Gasteiger partial charge on any atom is -0.486 e. The Hall–Kier alpha value is -2.05. The SMILES string of the molecule is Fc1ccc(NC(=S)N2CCC[C@H]2c2ccc3c(c2)OCCO3)cc1Cl. The molecule has 1 N–H and O–H groups in total. The Morgan fingerprint density at radius 2 is 1.96 bits per heavy atom. The van der Waals surface area contributed by atoms with Crippen molar-refractivity contribution in [3.8, 4) is 11.5 Å². The lowest BCUT2D eigenvalue weighted by atomic mass is 10.0. The molecule has 0 unspecified atom stereocenters. The minimum absolute atomic E-state index is 0.0719. The molecule has 2 heterocycles. The number of fused-ring (bicyclic) bond motifs is 1. The van der Waals surface area contributed by atoms with Gasteiger partial charge in [0.15, 0.2) is 16.6 Å². The van der Waals surface area contributed by atoms with Crippen LogP contribution in [0, 0.1) is 5.82 Å². The van der Waals surface area contributed by atoms with E-state index in [4.69, 9.17) is 33.3 Å². The number of hydrogen-bond acceptors (Lipinski definition) is 3. The van der Waals surface area contributed by atoms with Gasteiger partial charge in [-0.15, -0.1) is 0 Å². The first-order valence-electron chi connectivity index (χ1n) is 8.54. The molecule has 0 aliphatic carbocycles. The van der Waals surface area contributed by atoms with E-state index < -0.39 is 5.82 Å². The Bertz CT molecular complexity index is 848. The highest BCUT2D eigenvalue weighted by molar-refractivity contribution is 7.80. The minimum atomic E-state index is -0.446. The first kappa shape index (κ1) is 17.4. The standard InChI is InChI=1S/C19H18ClFN2O2S/c20-14-11-13(4-5-15(14)21)22-19(26)23-7-1-2-16(23)12-3-6-17-18(10-12)25-9-8-24-17/h3-6,10-11,16H,1-2,7-9H2,(H,22,26)/t16-/m0/s1. The van der Waals surface area contributed by atoms with Gasteiger partial charge < -0.3 is 19.7 Å². The summed E-state index contributed by atoms with van der Waals surface area (Å²) in [5.41, 5.74) is 1.82. The third kappa shape index (κ3) is 3.44. The molecule has 136 valence electrons. The van der Waals surface area contributed by atoms with Gasteiger partial charge in [-0.3, -0.25) is 0 Å². The molecule has 0 amide bonds. The second kappa shape index (κ2) is 7.29. The van der Waals surface area contributed by atoms with Gasteiger partial charge in [-0.05, 0) is 61.0 Å². The van der Waals surface area contributed by atoms with Crippen molar-refractivity contribution in [2.45, 2.75) is 18.9 Å². The van der Waals surface area contributed by atoms with Gasteiger partial charge in [-0.2, -0.15) is 0 Å². The van der Waals surface area contributed by atoms with Crippen molar-refractivity contribution in [1.82, 2.24) is 4.90 Å². The molecule has 26 heavy (non-hydrogen) atoms. The molecule has 1 atom stereocenters. The maximum Gasteiger partial charge on any atom is 0.173 e. The van der Waals surface area contributed by atoms with Crippen LogP contribution >= 0.6 is 23.8 Å². The van der Waals surface area contributed by atoms with E-state index in [-0.39, 0.29) is 11.1 Å². The molecule has 7 heteroatoms. The van der Waals surface area contributed by atoms with Crippen LogP contribution in [0.3, 0.4) is 0 Å². The molecule has 2 aliphatic heterocycles. The summed E-state index contributed by atoms with van der Waals surface area (Å²) < 4.78 is 24.6. The Labute approximate surface area is 161 Å². The maximum absolute atomic E-state index is 13.3. The van der Waals surface area contributed by atoms with Gasteiger partial charge in [0.1, 0.15) is 19.0 Å². The van der Waals surface area contributed by atoms with E-state index in [1.165, 1.54) is 6.07 Å². The zero-order chi connectivity index (χ0) is 18.1. The van der Waals surface area contributed by atoms with Crippen molar-refractivity contribution in [2.75, 3.05) is 25.1 Å². The Balaban J connectivity index is 1.52. The van der Waals surface area contributed by atoms with Crippen molar-refractivity contribution in [2.24, 2.45) is 0 Å². The van der Waals surface area contributed by atoms with E-state index in [9.17, 15) is 4.39 Å². The number of rotatable bonds is 2. The van der Waals surface area contributed by atoms with Gasteiger partial charge in [0, 0.05) is 12.2 Å². The lowest BCUT2D eigenvalue weighted by molar-refractivity contribution is 0.171. The quantitative estimate of drug-likeness (QED) is 0.743. The molecule has 2 aromatic carbocycles. The molecule has 0 aromatic heterocycles. The smallest absolute Gasteiger partial charge is 0.173 e. The highest BCUT2D eigenvalue weighted by Gasteiger charge is 2.29. The van der Waals surface area contributed by atoms with E-state index >= 15 is 0 Å². The van der Waals surface area contributed by atoms with Gasteiger partial charge >= 0.3 is 0 Å². The van der Waals surface area contributed by atoms with Crippen LogP contribution in [-0.4, -0.2) is 29.8 Å². The lowest BCUT2D eigenvalue weighted by Crippen LogP contribution is -2.34. The Kier molecular flexibility index (Phi) is 4.87. The zero-order valence-corrected chi connectivity index (χ0v) is 15.6. The molecule has 0 radical (unpaired) electrons. The highest BCUT2D eigenvalue weighted by atomic mass is 35.5. The third-order valence-electron chi connectivity index (χ3n) is 4.64. The van der Waals surface area contributed by atoms with Crippen molar-refractivity contribution >= 4 is 34.6 Å². The largest absolute Gasteiger partial charge is 0.486 e. The Morgan fingerprint density at radius 1 is 1.15 bits per heavy atom. The van der Waals surface area contributed by atoms with Crippen LogP contribution in [0.5, 0.6) is 11.5 Å². The molecular formula is C19H18ClFN2O2S. The number of anilines is 1. The second-order valence-corrected chi connectivity index (χ2v) is 7.11. The topological polar surface area (TPSA) is 33.7 Å². The number of benzene rings is 2. The normalized spacial score (nSPS) is 18.7. The van der Waals surface area contributed by atoms with Crippen LogP contribution in [0.1, 0.15) is 24.4 Å². The zero-order valence-electron chi connectivity index (χ0n) is 14.0. The molecule has 0 spiro atoms. The van der Waals surface area contributed by atoms with Crippen LogP contribution in [-0.2, 0) is 0 Å². The van der Waals surface area contributed by atoms with Crippen LogP contribution in [0.2, 0.25) is 5.02 Å². The number of hydrogen-bond donors (Lipinski definition) is 1. The maximum atomic E-state index is 13.3. The average Bonchev–Trinajstić information content (AvgIpc) is 3.14. The van der Waals surface area contributed by atoms with Gasteiger partial charge in [0.2, 0.25) is 0 Å². The first-order valence-corrected chi connectivity index (χ1v) is 9.32. The van der Waals surface area contributed by atoms with Crippen molar-refractivity contribution < 1.29 is 13.9 Å². The molecule has 2 aromatic rings. The molecule has 0 bridgehead atoms. The van der Waals surface area contributed by atoms with Crippen LogP contribution in [0.4, 0.5) is 10.1 Å². The number of likely N-dealkylation sites (tertiary alicyclic amines) is 1. The van der Waals surface area contributed by atoms with Gasteiger partial charge in [-0.1, -0.05) is 17.7 Å². The van der Waals surface area contributed by atoms with Crippen molar-refractivity contribution in [1.29, 1.82) is 0 Å². The van der Waals surface area contributed by atoms with Crippen LogP contribution in [0.15, 0.2) is 36.4 Å². The summed E-state index contributed by atoms with van der Waals surface area (Å²) in [7, 11) is 0. The molecule has 0 saturated carbocycles. The molecule has 4 rings (SSSR count). The fraction of sp³-hybridized carbons (Fsp3) is 0.316. The molecule has 1 fully saturated rings. The monoisotopic (exact) mass is 392 g/mol. The molecule has 2 aliphatic rings. The summed E-state index contributed by atoms with van der Waals surface area (Å²) in [4.78, 5) is 2.15. The number of halogens is 2. The van der Waals surface area contributed by atoms with E-state index in [1.54, 1.807) is 12.1 Å². The fourth-order valence-electron chi connectivity index (χ4n) is 3.39. The summed E-state index contributed by atoms with van der Waals surface area (Å²) in [6, 6.07) is 10.7. The summed E-state index contributed by atoms with van der Waals surface area (Å²) in [5, 5.41) is 3.84. The van der Waals surface area contributed by atoms with Crippen LogP contribution in [0.25, 0.3) is 0 Å². The fourth-order valence-corrected chi connectivity index (χ4v) is 3.91. The van der Waals surface area contributed by atoms with E-state index in [1.807, 2.05) is 12.1 Å². The number of ether oxygens (including phenoxy) is 2. The number of nitrogens with one attached hydrogen (secondary N) is 1. The summed E-state index contributed by atoms with van der Waals surface area (Å²) >= 11 is 11.4. The lowest BCUT2D eigenvalue weighted by Gasteiger charge is -2.29. The second-order valence-electron chi connectivity index (χ2n) is 6.31. The van der Waals surface area contributed by atoms with Crippen molar-refractivity contribution in [3.05, 3.63) is 52.8 Å². The first-order chi connectivity index (χ1) is 12.6. The van der Waals surface area contributed by atoms with E-state index in [0.717, 1.165) is 36.4 Å². The summed E-state index contributed by atoms with van der Waals surface area (Å²) in [5.74, 6) is 1.12. The van der Waals surface area contributed by atoms with E-state index in [2.05, 4.69) is 16.3 Å². The van der Waals surface area contributed by atoms with Gasteiger partial charge in [-0.25, -0.2) is 4.39 Å².